The number of aromatic nitrogens is 3. The third kappa shape index (κ3) is 1.96. The van der Waals surface area contributed by atoms with Crippen LogP contribution in [0.3, 0.4) is 0 Å². The monoisotopic (exact) mass is 235 g/mol. The molecule has 2 heterocycles. The minimum Gasteiger partial charge on any atom is -0.375 e. The van der Waals surface area contributed by atoms with Crippen molar-refractivity contribution in [2.75, 3.05) is 24.7 Å². The highest BCUT2D eigenvalue weighted by atomic mass is 32.1. The Morgan fingerprint density at radius 1 is 1.31 bits per heavy atom. The third-order valence-corrected chi connectivity index (χ3v) is 3.10. The summed E-state index contributed by atoms with van der Waals surface area (Å²) in [6, 6.07) is 1.87. The summed E-state index contributed by atoms with van der Waals surface area (Å²) in [5, 5.41) is 0.567. The molecule has 0 amide bonds. The van der Waals surface area contributed by atoms with Gasteiger partial charge in [-0.1, -0.05) is 11.3 Å². The van der Waals surface area contributed by atoms with E-state index in [0.29, 0.717) is 11.1 Å². The number of nitrogens with zero attached hydrogens (tertiary/aromatic N) is 4. The smallest absolute Gasteiger partial charge is 0.225 e. The van der Waals surface area contributed by atoms with Gasteiger partial charge in [-0.05, 0) is 13.0 Å². The van der Waals surface area contributed by atoms with Crippen molar-refractivity contribution in [2.24, 2.45) is 0 Å². The largest absolute Gasteiger partial charge is 0.375 e. The van der Waals surface area contributed by atoms with Crippen molar-refractivity contribution >= 4 is 22.4 Å². The van der Waals surface area contributed by atoms with Gasteiger partial charge < -0.3 is 10.6 Å². The minimum atomic E-state index is 0.567. The molecule has 0 atom stereocenters. The van der Waals surface area contributed by atoms with Crippen LogP contribution in [0, 0.1) is 6.92 Å². The SMILES string of the molecule is Cc1nc(N)sc1-c1ccnc(N(C)C)n1. The van der Waals surface area contributed by atoms with Gasteiger partial charge >= 0.3 is 0 Å². The van der Waals surface area contributed by atoms with Crippen molar-refractivity contribution < 1.29 is 0 Å². The number of hydrogen-bond donors (Lipinski definition) is 1. The molecule has 2 aromatic rings. The lowest BCUT2D eigenvalue weighted by molar-refractivity contribution is 1.00. The molecule has 0 fully saturated rings. The molecule has 0 unspecified atom stereocenters. The fourth-order valence-corrected chi connectivity index (χ4v) is 2.15. The normalized spacial score (nSPS) is 10.4. The first-order valence-electron chi connectivity index (χ1n) is 4.81. The van der Waals surface area contributed by atoms with Gasteiger partial charge in [0.1, 0.15) is 0 Å². The highest BCUT2D eigenvalue weighted by Gasteiger charge is 2.10. The highest BCUT2D eigenvalue weighted by Crippen LogP contribution is 2.30. The maximum absolute atomic E-state index is 5.67. The zero-order valence-corrected chi connectivity index (χ0v) is 10.2. The number of rotatable bonds is 2. The Hall–Kier alpha value is -1.69. The van der Waals surface area contributed by atoms with Gasteiger partial charge in [0.15, 0.2) is 5.13 Å². The van der Waals surface area contributed by atoms with Crippen LogP contribution in [0.5, 0.6) is 0 Å². The Labute approximate surface area is 98.0 Å². The molecule has 0 radical (unpaired) electrons. The zero-order valence-electron chi connectivity index (χ0n) is 9.43. The molecular formula is C10H13N5S. The summed E-state index contributed by atoms with van der Waals surface area (Å²) < 4.78 is 0. The van der Waals surface area contributed by atoms with Gasteiger partial charge in [0.25, 0.3) is 0 Å². The quantitative estimate of drug-likeness (QED) is 0.855. The average Bonchev–Trinajstić information content (AvgIpc) is 2.58. The molecule has 84 valence electrons. The highest BCUT2D eigenvalue weighted by molar-refractivity contribution is 7.18. The molecule has 6 heteroatoms. The third-order valence-electron chi connectivity index (χ3n) is 2.09. The number of anilines is 2. The summed E-state index contributed by atoms with van der Waals surface area (Å²) in [5.74, 6) is 0.684. The van der Waals surface area contributed by atoms with E-state index in [1.165, 1.54) is 11.3 Å². The van der Waals surface area contributed by atoms with E-state index in [9.17, 15) is 0 Å². The summed E-state index contributed by atoms with van der Waals surface area (Å²) >= 11 is 1.45. The molecule has 0 aliphatic carbocycles. The fraction of sp³-hybridized carbons (Fsp3) is 0.300. The number of thiazole rings is 1. The average molecular weight is 235 g/mol. The van der Waals surface area contributed by atoms with Crippen LogP contribution >= 0.6 is 11.3 Å². The van der Waals surface area contributed by atoms with Gasteiger partial charge in [0, 0.05) is 20.3 Å². The Morgan fingerprint density at radius 2 is 2.06 bits per heavy atom. The van der Waals surface area contributed by atoms with Crippen LogP contribution in [0.15, 0.2) is 12.3 Å². The molecule has 0 aliphatic rings. The zero-order chi connectivity index (χ0) is 11.7. The number of nitrogens with two attached hydrogens (primary N) is 1. The lowest BCUT2D eigenvalue weighted by Gasteiger charge is -2.10. The topological polar surface area (TPSA) is 67.9 Å². The number of aryl methyl sites for hydroxylation is 1. The molecule has 5 nitrogen and oxygen atoms in total. The molecule has 2 aromatic heterocycles. The first kappa shape index (κ1) is 10.8. The van der Waals surface area contributed by atoms with E-state index in [4.69, 9.17) is 5.73 Å². The summed E-state index contributed by atoms with van der Waals surface area (Å²) in [4.78, 5) is 15.7. The van der Waals surface area contributed by atoms with E-state index < -0.39 is 0 Å². The molecule has 16 heavy (non-hydrogen) atoms. The van der Waals surface area contributed by atoms with E-state index in [0.717, 1.165) is 16.3 Å². The van der Waals surface area contributed by atoms with Gasteiger partial charge in [-0.3, -0.25) is 0 Å². The van der Waals surface area contributed by atoms with Gasteiger partial charge in [-0.15, -0.1) is 0 Å². The van der Waals surface area contributed by atoms with E-state index >= 15 is 0 Å². The van der Waals surface area contributed by atoms with Gasteiger partial charge in [-0.2, -0.15) is 0 Å². The first-order chi connectivity index (χ1) is 7.58. The van der Waals surface area contributed by atoms with Gasteiger partial charge in [0.2, 0.25) is 5.95 Å². The van der Waals surface area contributed by atoms with Gasteiger partial charge in [0.05, 0.1) is 16.3 Å². The molecule has 0 aliphatic heterocycles. The van der Waals surface area contributed by atoms with E-state index in [1.807, 2.05) is 32.0 Å². The van der Waals surface area contributed by atoms with Crippen molar-refractivity contribution in [3.8, 4) is 10.6 Å². The van der Waals surface area contributed by atoms with Crippen LogP contribution in [-0.2, 0) is 0 Å². The molecule has 0 saturated carbocycles. The summed E-state index contributed by atoms with van der Waals surface area (Å²) in [7, 11) is 3.82. The maximum atomic E-state index is 5.67. The van der Waals surface area contributed by atoms with E-state index in [-0.39, 0.29) is 0 Å². The predicted molar refractivity (Wildman–Crippen MR) is 66.6 cm³/mol. The van der Waals surface area contributed by atoms with Gasteiger partial charge in [-0.25, -0.2) is 15.0 Å². The second kappa shape index (κ2) is 4.05. The van der Waals surface area contributed by atoms with Crippen molar-refractivity contribution in [1.29, 1.82) is 0 Å². The van der Waals surface area contributed by atoms with E-state index in [2.05, 4.69) is 15.0 Å². The standard InChI is InChI=1S/C10H13N5S/c1-6-8(16-9(11)13-6)7-4-5-12-10(14-7)15(2)3/h4-5H,1-3H3,(H2,11,13). The number of hydrogen-bond acceptors (Lipinski definition) is 6. The van der Waals surface area contributed by atoms with Crippen LogP contribution in [0.1, 0.15) is 5.69 Å². The van der Waals surface area contributed by atoms with Crippen LogP contribution in [0.2, 0.25) is 0 Å². The predicted octanol–water partition coefficient (Wildman–Crippen LogP) is 1.56. The Kier molecular flexibility index (Phi) is 2.74. The Bertz CT molecular complexity index is 506. The van der Waals surface area contributed by atoms with Crippen molar-refractivity contribution in [1.82, 2.24) is 15.0 Å². The molecule has 2 N–H and O–H groups in total. The molecule has 0 bridgehead atoms. The number of nitrogen functional groups attached to an aromatic ring is 1. The lowest BCUT2D eigenvalue weighted by atomic mass is 10.3. The van der Waals surface area contributed by atoms with E-state index in [1.54, 1.807) is 6.20 Å². The lowest BCUT2D eigenvalue weighted by Crippen LogP contribution is -2.12. The summed E-state index contributed by atoms with van der Waals surface area (Å²) in [6.45, 7) is 1.93. The van der Waals surface area contributed by atoms with Crippen LogP contribution < -0.4 is 10.6 Å². The minimum absolute atomic E-state index is 0.567. The molecule has 2 rings (SSSR count). The molecule has 0 saturated heterocycles. The second-order valence-corrected chi connectivity index (χ2v) is 4.63. The first-order valence-corrected chi connectivity index (χ1v) is 5.63. The van der Waals surface area contributed by atoms with Crippen LogP contribution in [0.25, 0.3) is 10.6 Å². The molecular weight excluding hydrogens is 222 g/mol. The summed E-state index contributed by atoms with van der Waals surface area (Å²) in [5.41, 5.74) is 7.44. The van der Waals surface area contributed by atoms with Crippen LogP contribution in [-0.4, -0.2) is 29.0 Å². The molecule has 0 aromatic carbocycles. The van der Waals surface area contributed by atoms with Crippen molar-refractivity contribution in [3.63, 3.8) is 0 Å². The summed E-state index contributed by atoms with van der Waals surface area (Å²) in [6.07, 6.45) is 1.74. The Morgan fingerprint density at radius 3 is 2.62 bits per heavy atom. The van der Waals surface area contributed by atoms with Crippen LogP contribution in [0.4, 0.5) is 11.1 Å². The maximum Gasteiger partial charge on any atom is 0.225 e. The second-order valence-electron chi connectivity index (χ2n) is 3.60. The Balaban J connectivity index is 2.48. The molecule has 0 spiro atoms. The fourth-order valence-electron chi connectivity index (χ4n) is 1.35. The van der Waals surface area contributed by atoms with Crippen molar-refractivity contribution in [2.45, 2.75) is 6.92 Å². The van der Waals surface area contributed by atoms with Crippen molar-refractivity contribution in [3.05, 3.63) is 18.0 Å².